The van der Waals surface area contributed by atoms with Gasteiger partial charge in [-0.25, -0.2) is 15.0 Å². The smallest absolute Gasteiger partial charge is 0.184 e. The highest BCUT2D eigenvalue weighted by Crippen LogP contribution is 2.30. The number of pyridine rings is 1. The number of hydrogen-bond acceptors (Lipinski definition) is 5. The SMILES string of the molecule is C#Cc1cnc2c(c1)ncn2Cc1ccc2nc(NC3CCCCC3)sc2c1. The Morgan fingerprint density at radius 1 is 1.14 bits per heavy atom. The molecule has 4 aromatic rings. The second kappa shape index (κ2) is 7.25. The van der Waals surface area contributed by atoms with E-state index in [0.29, 0.717) is 6.04 Å². The van der Waals surface area contributed by atoms with Crippen molar-refractivity contribution >= 4 is 37.8 Å². The summed E-state index contributed by atoms with van der Waals surface area (Å²) < 4.78 is 3.27. The predicted molar refractivity (Wildman–Crippen MR) is 115 cm³/mol. The molecular formula is C22H21N5S. The molecule has 0 spiro atoms. The molecule has 5 nitrogen and oxygen atoms in total. The van der Waals surface area contributed by atoms with E-state index >= 15 is 0 Å². The number of hydrogen-bond donors (Lipinski definition) is 1. The summed E-state index contributed by atoms with van der Waals surface area (Å²) in [6.07, 6.45) is 15.5. The van der Waals surface area contributed by atoms with Crippen molar-refractivity contribution in [3.63, 3.8) is 0 Å². The summed E-state index contributed by atoms with van der Waals surface area (Å²) in [5.74, 6) is 2.61. The second-order valence-electron chi connectivity index (χ2n) is 7.38. The summed E-state index contributed by atoms with van der Waals surface area (Å²) >= 11 is 1.74. The maximum Gasteiger partial charge on any atom is 0.184 e. The number of fused-ring (bicyclic) bond motifs is 2. The van der Waals surface area contributed by atoms with Gasteiger partial charge in [-0.1, -0.05) is 42.6 Å². The van der Waals surface area contributed by atoms with Gasteiger partial charge in [-0.2, -0.15) is 0 Å². The molecule has 0 unspecified atom stereocenters. The minimum absolute atomic E-state index is 0.574. The zero-order chi connectivity index (χ0) is 18.9. The summed E-state index contributed by atoms with van der Waals surface area (Å²) in [5, 5.41) is 4.67. The summed E-state index contributed by atoms with van der Waals surface area (Å²) in [7, 11) is 0. The molecule has 6 heteroatoms. The fourth-order valence-electron chi connectivity index (χ4n) is 3.89. The van der Waals surface area contributed by atoms with Gasteiger partial charge in [-0.05, 0) is 36.6 Å². The molecule has 3 heterocycles. The summed E-state index contributed by atoms with van der Waals surface area (Å²) in [5.41, 5.74) is 4.69. The van der Waals surface area contributed by atoms with E-state index in [1.807, 2.05) is 12.4 Å². The normalized spacial score (nSPS) is 15.1. The molecule has 1 aromatic carbocycles. The molecule has 0 bridgehead atoms. The van der Waals surface area contributed by atoms with Crippen LogP contribution in [0.3, 0.4) is 0 Å². The molecule has 28 heavy (non-hydrogen) atoms. The monoisotopic (exact) mass is 387 g/mol. The highest BCUT2D eigenvalue weighted by Gasteiger charge is 2.15. The lowest BCUT2D eigenvalue weighted by Gasteiger charge is -2.22. The van der Waals surface area contributed by atoms with Crippen LogP contribution in [0.2, 0.25) is 0 Å². The number of imidazole rings is 1. The molecule has 1 fully saturated rings. The molecule has 0 saturated heterocycles. The average Bonchev–Trinajstić information content (AvgIpc) is 3.31. The molecule has 140 valence electrons. The van der Waals surface area contributed by atoms with Crippen molar-refractivity contribution < 1.29 is 0 Å². The Morgan fingerprint density at radius 2 is 2.04 bits per heavy atom. The predicted octanol–water partition coefficient (Wildman–Crippen LogP) is 4.82. The third-order valence-electron chi connectivity index (χ3n) is 5.36. The standard InChI is InChI=1S/C22H21N5S/c1-2-15-10-19-21(23-12-15)27(14-24-19)13-16-8-9-18-20(11-16)28-22(26-18)25-17-6-4-3-5-7-17/h1,8-12,14,17H,3-7,13H2,(H,25,26). The quantitative estimate of drug-likeness (QED) is 0.510. The van der Waals surface area contributed by atoms with Gasteiger partial charge in [-0.15, -0.1) is 6.42 Å². The van der Waals surface area contributed by atoms with Gasteiger partial charge < -0.3 is 9.88 Å². The topological polar surface area (TPSA) is 55.6 Å². The van der Waals surface area contributed by atoms with Gasteiger partial charge in [0, 0.05) is 17.8 Å². The summed E-state index contributed by atoms with van der Waals surface area (Å²) in [6.45, 7) is 0.720. The lowest BCUT2D eigenvalue weighted by molar-refractivity contribution is 0.462. The average molecular weight is 388 g/mol. The minimum atomic E-state index is 0.574. The molecule has 1 aliphatic rings. The molecule has 0 radical (unpaired) electrons. The number of nitrogens with one attached hydrogen (secondary N) is 1. The first kappa shape index (κ1) is 17.2. The molecule has 0 amide bonds. The number of terminal acetylenes is 1. The van der Waals surface area contributed by atoms with Crippen LogP contribution >= 0.6 is 11.3 Å². The van der Waals surface area contributed by atoms with Gasteiger partial charge in [-0.3, -0.25) is 0 Å². The van der Waals surface area contributed by atoms with Crippen LogP contribution in [0.5, 0.6) is 0 Å². The number of rotatable bonds is 4. The first-order chi connectivity index (χ1) is 13.8. The second-order valence-corrected chi connectivity index (χ2v) is 8.41. The molecule has 3 aromatic heterocycles. The fraction of sp³-hybridized carbons (Fsp3) is 0.318. The molecule has 5 rings (SSSR count). The van der Waals surface area contributed by atoms with Crippen molar-refractivity contribution in [2.75, 3.05) is 5.32 Å². The third kappa shape index (κ3) is 3.34. The fourth-order valence-corrected chi connectivity index (χ4v) is 4.90. The van der Waals surface area contributed by atoms with Crippen LogP contribution in [0.4, 0.5) is 5.13 Å². The van der Waals surface area contributed by atoms with Crippen molar-refractivity contribution in [2.24, 2.45) is 0 Å². The van der Waals surface area contributed by atoms with Crippen LogP contribution in [0.25, 0.3) is 21.4 Å². The number of anilines is 1. The van der Waals surface area contributed by atoms with Gasteiger partial charge in [0.1, 0.15) is 5.52 Å². The Kier molecular flexibility index (Phi) is 4.46. The van der Waals surface area contributed by atoms with Crippen molar-refractivity contribution in [1.29, 1.82) is 0 Å². The lowest BCUT2D eigenvalue weighted by Crippen LogP contribution is -2.21. The number of aromatic nitrogens is 4. The Balaban J connectivity index is 1.38. The van der Waals surface area contributed by atoms with Gasteiger partial charge in [0.15, 0.2) is 10.8 Å². The summed E-state index contributed by atoms with van der Waals surface area (Å²) in [4.78, 5) is 13.7. The Bertz CT molecular complexity index is 1180. The van der Waals surface area contributed by atoms with E-state index in [9.17, 15) is 0 Å². The van der Waals surface area contributed by atoms with Crippen molar-refractivity contribution in [3.8, 4) is 12.3 Å². The van der Waals surface area contributed by atoms with E-state index in [0.717, 1.165) is 33.9 Å². The molecule has 1 N–H and O–H groups in total. The van der Waals surface area contributed by atoms with E-state index < -0.39 is 0 Å². The Hall–Kier alpha value is -2.91. The molecule has 1 aliphatic carbocycles. The molecule has 1 saturated carbocycles. The Labute approximate surface area is 167 Å². The van der Waals surface area contributed by atoms with E-state index in [1.165, 1.54) is 42.4 Å². The van der Waals surface area contributed by atoms with E-state index in [2.05, 4.69) is 44.0 Å². The van der Waals surface area contributed by atoms with E-state index in [-0.39, 0.29) is 0 Å². The lowest BCUT2D eigenvalue weighted by atomic mass is 9.96. The zero-order valence-corrected chi connectivity index (χ0v) is 16.4. The highest BCUT2D eigenvalue weighted by atomic mass is 32.1. The van der Waals surface area contributed by atoms with Crippen LogP contribution < -0.4 is 5.32 Å². The van der Waals surface area contributed by atoms with Crippen LogP contribution in [-0.2, 0) is 6.54 Å². The van der Waals surface area contributed by atoms with Crippen LogP contribution in [-0.4, -0.2) is 25.6 Å². The van der Waals surface area contributed by atoms with Crippen LogP contribution in [0, 0.1) is 12.3 Å². The van der Waals surface area contributed by atoms with Crippen LogP contribution in [0.1, 0.15) is 43.2 Å². The number of benzene rings is 1. The molecular weight excluding hydrogens is 366 g/mol. The van der Waals surface area contributed by atoms with Crippen LogP contribution in [0.15, 0.2) is 36.8 Å². The molecule has 0 atom stereocenters. The van der Waals surface area contributed by atoms with Crippen molar-refractivity contribution in [3.05, 3.63) is 47.9 Å². The van der Waals surface area contributed by atoms with E-state index in [1.54, 1.807) is 17.5 Å². The van der Waals surface area contributed by atoms with Gasteiger partial charge >= 0.3 is 0 Å². The van der Waals surface area contributed by atoms with Crippen molar-refractivity contribution in [1.82, 2.24) is 19.5 Å². The highest BCUT2D eigenvalue weighted by molar-refractivity contribution is 7.22. The first-order valence-electron chi connectivity index (χ1n) is 9.72. The number of nitrogens with zero attached hydrogens (tertiary/aromatic N) is 4. The van der Waals surface area contributed by atoms with Crippen molar-refractivity contribution in [2.45, 2.75) is 44.7 Å². The molecule has 0 aliphatic heterocycles. The largest absolute Gasteiger partial charge is 0.359 e. The van der Waals surface area contributed by atoms with Gasteiger partial charge in [0.05, 0.1) is 23.1 Å². The third-order valence-corrected chi connectivity index (χ3v) is 6.31. The van der Waals surface area contributed by atoms with Gasteiger partial charge in [0.2, 0.25) is 0 Å². The summed E-state index contributed by atoms with van der Waals surface area (Å²) in [6, 6.07) is 8.93. The first-order valence-corrected chi connectivity index (χ1v) is 10.5. The number of thiazole rings is 1. The van der Waals surface area contributed by atoms with E-state index in [4.69, 9.17) is 11.4 Å². The maximum absolute atomic E-state index is 5.45. The van der Waals surface area contributed by atoms with Gasteiger partial charge in [0.25, 0.3) is 0 Å². The maximum atomic E-state index is 5.45. The zero-order valence-electron chi connectivity index (χ0n) is 15.6. The Morgan fingerprint density at radius 3 is 2.89 bits per heavy atom. The minimum Gasteiger partial charge on any atom is -0.359 e.